The van der Waals surface area contributed by atoms with Crippen molar-refractivity contribution in [3.05, 3.63) is 70.2 Å². The first-order valence-corrected chi connectivity index (χ1v) is 9.18. The molecule has 0 spiro atoms. The van der Waals surface area contributed by atoms with E-state index >= 15 is 0 Å². The second-order valence-corrected chi connectivity index (χ2v) is 7.02. The molecule has 0 radical (unpaired) electrons. The van der Waals surface area contributed by atoms with Gasteiger partial charge in [0.05, 0.1) is 17.6 Å². The number of fused-ring (bicyclic) bond motifs is 1. The predicted molar refractivity (Wildman–Crippen MR) is 106 cm³/mol. The molecule has 4 rings (SSSR count). The molecule has 144 valence electrons. The second kappa shape index (κ2) is 7.44. The first kappa shape index (κ1) is 18.2. The summed E-state index contributed by atoms with van der Waals surface area (Å²) < 4.78 is 7.63. The monoisotopic (exact) mass is 378 g/mol. The highest BCUT2D eigenvalue weighted by molar-refractivity contribution is 5.74. The molecule has 2 aromatic heterocycles. The molecule has 28 heavy (non-hydrogen) atoms. The van der Waals surface area contributed by atoms with Crippen LogP contribution in [0.25, 0.3) is 11.1 Å². The Kier molecular flexibility index (Phi) is 4.83. The Morgan fingerprint density at radius 1 is 1.29 bits per heavy atom. The molecule has 1 aliphatic heterocycles. The van der Waals surface area contributed by atoms with E-state index in [1.54, 1.807) is 30.2 Å². The number of benzene rings is 1. The lowest BCUT2D eigenvalue weighted by molar-refractivity contribution is 0.187. The summed E-state index contributed by atoms with van der Waals surface area (Å²) >= 11 is 0. The number of ether oxygens (including phenoxy) is 1. The van der Waals surface area contributed by atoms with Crippen molar-refractivity contribution in [2.24, 2.45) is 7.05 Å². The number of aryl methyl sites for hydroxylation is 3. The Bertz CT molecular complexity index is 1040. The van der Waals surface area contributed by atoms with E-state index in [-0.39, 0.29) is 12.2 Å². The van der Waals surface area contributed by atoms with Crippen molar-refractivity contribution in [2.75, 3.05) is 5.32 Å². The zero-order valence-corrected chi connectivity index (χ0v) is 15.8. The smallest absolute Gasteiger partial charge is 0.253 e. The lowest BCUT2D eigenvalue weighted by Crippen LogP contribution is -2.25. The summed E-state index contributed by atoms with van der Waals surface area (Å²) in [5, 5.41) is 13.1. The lowest BCUT2D eigenvalue weighted by atomic mass is 9.96. The van der Waals surface area contributed by atoms with Gasteiger partial charge in [0.1, 0.15) is 18.6 Å². The Labute approximate surface area is 162 Å². The quantitative estimate of drug-likeness (QED) is 0.725. The van der Waals surface area contributed by atoms with Crippen molar-refractivity contribution < 1.29 is 9.84 Å². The molecule has 1 unspecified atom stereocenters. The van der Waals surface area contributed by atoms with Crippen LogP contribution in [0, 0.1) is 6.92 Å². The van der Waals surface area contributed by atoms with Crippen molar-refractivity contribution in [3.8, 4) is 16.9 Å². The molecule has 1 atom stereocenters. The molecular formula is C21H22N4O3. The van der Waals surface area contributed by atoms with Crippen LogP contribution in [0.1, 0.15) is 23.2 Å². The molecule has 0 bridgehead atoms. The number of aromatic nitrogens is 3. The van der Waals surface area contributed by atoms with Crippen molar-refractivity contribution in [2.45, 2.75) is 32.6 Å². The third kappa shape index (κ3) is 3.61. The number of aliphatic hydroxyl groups is 1. The fourth-order valence-electron chi connectivity index (χ4n) is 3.44. The third-order valence-corrected chi connectivity index (χ3v) is 4.87. The van der Waals surface area contributed by atoms with Gasteiger partial charge < -0.3 is 19.7 Å². The molecule has 0 saturated heterocycles. The average molecular weight is 378 g/mol. The van der Waals surface area contributed by atoms with Crippen LogP contribution in [0.5, 0.6) is 5.75 Å². The van der Waals surface area contributed by atoms with E-state index in [1.165, 1.54) is 0 Å². The molecule has 0 aliphatic carbocycles. The summed E-state index contributed by atoms with van der Waals surface area (Å²) in [6, 6.07) is 5.91. The minimum absolute atomic E-state index is 0.00868. The van der Waals surface area contributed by atoms with Gasteiger partial charge in [0.25, 0.3) is 5.56 Å². The zero-order valence-electron chi connectivity index (χ0n) is 15.8. The maximum absolute atomic E-state index is 12.0. The van der Waals surface area contributed by atoms with E-state index in [4.69, 9.17) is 4.74 Å². The van der Waals surface area contributed by atoms with E-state index in [0.29, 0.717) is 17.7 Å². The second-order valence-electron chi connectivity index (χ2n) is 7.02. The SMILES string of the molecule is Cc1cc(-c2cc3c(c(OCc4cnccn4)c2)NC(O)CC3)cn(C)c1=O. The molecule has 3 heterocycles. The van der Waals surface area contributed by atoms with Crippen molar-refractivity contribution in [3.63, 3.8) is 0 Å². The van der Waals surface area contributed by atoms with Crippen LogP contribution in [0.3, 0.4) is 0 Å². The molecule has 3 aromatic rings. The normalized spacial score (nSPS) is 15.6. The standard InChI is InChI=1S/C21H22N4O3/c1-13-7-16(11-25(2)21(13)27)15-8-14-3-4-19(26)24-20(14)18(9-15)28-12-17-10-22-5-6-23-17/h5-11,19,24,26H,3-4,12H2,1-2H3. The number of hydrogen-bond acceptors (Lipinski definition) is 6. The fourth-order valence-corrected chi connectivity index (χ4v) is 3.44. The lowest BCUT2D eigenvalue weighted by Gasteiger charge is -2.26. The van der Waals surface area contributed by atoms with Gasteiger partial charge in [0, 0.05) is 31.2 Å². The van der Waals surface area contributed by atoms with E-state index in [1.807, 2.05) is 25.3 Å². The van der Waals surface area contributed by atoms with E-state index in [2.05, 4.69) is 21.4 Å². The van der Waals surface area contributed by atoms with Crippen LogP contribution in [0.15, 0.2) is 47.8 Å². The molecule has 2 N–H and O–H groups in total. The molecule has 0 amide bonds. The van der Waals surface area contributed by atoms with Gasteiger partial charge in [-0.1, -0.05) is 0 Å². The Morgan fingerprint density at radius 3 is 2.89 bits per heavy atom. The Balaban J connectivity index is 1.75. The van der Waals surface area contributed by atoms with Gasteiger partial charge in [-0.05, 0) is 54.7 Å². The van der Waals surface area contributed by atoms with E-state index in [9.17, 15) is 9.90 Å². The Morgan fingerprint density at radius 2 is 2.14 bits per heavy atom. The van der Waals surface area contributed by atoms with E-state index in [0.717, 1.165) is 34.5 Å². The van der Waals surface area contributed by atoms with Crippen LogP contribution in [-0.4, -0.2) is 25.9 Å². The molecule has 7 heteroatoms. The molecular weight excluding hydrogens is 356 g/mol. The zero-order chi connectivity index (χ0) is 19.7. The summed E-state index contributed by atoms with van der Waals surface area (Å²) in [4.78, 5) is 20.3. The van der Waals surface area contributed by atoms with Crippen LogP contribution in [0.2, 0.25) is 0 Å². The largest absolute Gasteiger partial charge is 0.485 e. The fraction of sp³-hybridized carbons (Fsp3) is 0.286. The van der Waals surface area contributed by atoms with Crippen molar-refractivity contribution in [1.82, 2.24) is 14.5 Å². The van der Waals surface area contributed by atoms with Gasteiger partial charge in [-0.15, -0.1) is 0 Å². The number of anilines is 1. The Hall–Kier alpha value is -3.19. The number of hydrogen-bond donors (Lipinski definition) is 2. The first-order chi connectivity index (χ1) is 13.5. The van der Waals surface area contributed by atoms with Crippen LogP contribution in [-0.2, 0) is 20.1 Å². The highest BCUT2D eigenvalue weighted by Crippen LogP contribution is 2.38. The molecule has 0 saturated carbocycles. The van der Waals surface area contributed by atoms with Gasteiger partial charge in [-0.25, -0.2) is 0 Å². The summed E-state index contributed by atoms with van der Waals surface area (Å²) in [5.74, 6) is 0.642. The summed E-state index contributed by atoms with van der Waals surface area (Å²) in [6.07, 6.45) is 7.50. The predicted octanol–water partition coefficient (Wildman–Crippen LogP) is 2.41. The molecule has 7 nitrogen and oxygen atoms in total. The highest BCUT2D eigenvalue weighted by atomic mass is 16.5. The topological polar surface area (TPSA) is 89.3 Å². The number of pyridine rings is 1. The number of aliphatic hydroxyl groups excluding tert-OH is 1. The van der Waals surface area contributed by atoms with Gasteiger partial charge in [0.2, 0.25) is 0 Å². The van der Waals surface area contributed by atoms with Crippen molar-refractivity contribution >= 4 is 5.69 Å². The molecule has 0 fully saturated rings. The minimum Gasteiger partial charge on any atom is -0.485 e. The minimum atomic E-state index is -0.600. The van der Waals surface area contributed by atoms with Gasteiger partial charge in [-0.2, -0.15) is 0 Å². The summed E-state index contributed by atoms with van der Waals surface area (Å²) in [7, 11) is 1.75. The summed E-state index contributed by atoms with van der Waals surface area (Å²) in [6.45, 7) is 2.08. The van der Waals surface area contributed by atoms with Crippen LogP contribution >= 0.6 is 0 Å². The molecule has 1 aromatic carbocycles. The maximum Gasteiger partial charge on any atom is 0.253 e. The van der Waals surface area contributed by atoms with Crippen LogP contribution < -0.4 is 15.6 Å². The number of nitrogens with zero attached hydrogens (tertiary/aromatic N) is 3. The average Bonchev–Trinajstić information content (AvgIpc) is 2.70. The number of nitrogens with one attached hydrogen (secondary N) is 1. The van der Waals surface area contributed by atoms with Gasteiger partial charge in [-0.3, -0.25) is 14.8 Å². The van der Waals surface area contributed by atoms with Crippen molar-refractivity contribution in [1.29, 1.82) is 0 Å². The van der Waals surface area contributed by atoms with E-state index < -0.39 is 6.23 Å². The number of rotatable bonds is 4. The first-order valence-electron chi connectivity index (χ1n) is 9.18. The van der Waals surface area contributed by atoms with Gasteiger partial charge >= 0.3 is 0 Å². The van der Waals surface area contributed by atoms with Gasteiger partial charge in [0.15, 0.2) is 0 Å². The maximum atomic E-state index is 12.0. The third-order valence-electron chi connectivity index (χ3n) is 4.87. The molecule has 1 aliphatic rings. The highest BCUT2D eigenvalue weighted by Gasteiger charge is 2.21. The summed E-state index contributed by atoms with van der Waals surface area (Å²) in [5.41, 5.74) is 5.17. The van der Waals surface area contributed by atoms with Crippen LogP contribution in [0.4, 0.5) is 5.69 Å².